The summed E-state index contributed by atoms with van der Waals surface area (Å²) in [7, 11) is 1.68. The van der Waals surface area contributed by atoms with Crippen LogP contribution in [0.5, 0.6) is 5.75 Å². The minimum atomic E-state index is -0.0559. The Hall–Kier alpha value is -3.02. The molecule has 0 bridgehead atoms. The van der Waals surface area contributed by atoms with E-state index in [0.717, 1.165) is 34.9 Å². The number of hydrogen-bond acceptors (Lipinski definition) is 3. The quantitative estimate of drug-likeness (QED) is 0.485. The molecule has 0 saturated heterocycles. The molecule has 150 valence electrons. The van der Waals surface area contributed by atoms with Crippen molar-refractivity contribution in [3.05, 3.63) is 64.7 Å². The molecule has 2 rings (SSSR count). The third kappa shape index (κ3) is 6.30. The largest absolute Gasteiger partial charge is 0.496 e. The number of hydrogen-bond donors (Lipinski definition) is 3. The Morgan fingerprint density at radius 1 is 1.00 bits per heavy atom. The first kappa shape index (κ1) is 21.3. The first-order valence-electron chi connectivity index (χ1n) is 9.60. The van der Waals surface area contributed by atoms with Gasteiger partial charge in [-0.2, -0.15) is 0 Å². The van der Waals surface area contributed by atoms with Gasteiger partial charge >= 0.3 is 0 Å². The summed E-state index contributed by atoms with van der Waals surface area (Å²) in [6.07, 6.45) is 0. The summed E-state index contributed by atoms with van der Waals surface area (Å²) in [5, 5.41) is 9.39. The highest BCUT2D eigenvalue weighted by atomic mass is 16.5. The topological polar surface area (TPSA) is 74.8 Å². The molecule has 0 fully saturated rings. The van der Waals surface area contributed by atoms with Gasteiger partial charge in [-0.1, -0.05) is 24.3 Å². The smallest absolute Gasteiger partial charge is 0.251 e. The van der Waals surface area contributed by atoms with Crippen LogP contribution >= 0.6 is 0 Å². The number of carbonyl (C=O) groups excluding carboxylic acids is 1. The molecule has 6 heteroatoms. The zero-order valence-corrected chi connectivity index (χ0v) is 17.1. The average Bonchev–Trinajstić information content (AvgIpc) is 2.71. The normalized spacial score (nSPS) is 11.1. The predicted molar refractivity (Wildman–Crippen MR) is 114 cm³/mol. The Labute approximate surface area is 167 Å². The Balaban J connectivity index is 2.01. The van der Waals surface area contributed by atoms with E-state index in [1.165, 1.54) is 0 Å². The minimum Gasteiger partial charge on any atom is -0.496 e. The number of ether oxygens (including phenoxy) is 1. The molecule has 28 heavy (non-hydrogen) atoms. The summed E-state index contributed by atoms with van der Waals surface area (Å²) in [5.74, 6) is 1.54. The van der Waals surface area contributed by atoms with Crippen molar-refractivity contribution in [2.75, 3.05) is 20.2 Å². The van der Waals surface area contributed by atoms with Crippen molar-refractivity contribution in [3.8, 4) is 5.75 Å². The van der Waals surface area contributed by atoms with Crippen molar-refractivity contribution >= 4 is 11.9 Å². The van der Waals surface area contributed by atoms with Crippen LogP contribution in [0.25, 0.3) is 0 Å². The molecule has 0 heterocycles. The molecule has 1 amide bonds. The summed E-state index contributed by atoms with van der Waals surface area (Å²) in [6.45, 7) is 8.51. The van der Waals surface area contributed by atoms with Crippen molar-refractivity contribution in [1.82, 2.24) is 16.0 Å². The second-order valence-electron chi connectivity index (χ2n) is 6.42. The van der Waals surface area contributed by atoms with Gasteiger partial charge in [-0.3, -0.25) is 4.79 Å². The highest BCUT2D eigenvalue weighted by molar-refractivity contribution is 5.94. The highest BCUT2D eigenvalue weighted by Crippen LogP contribution is 2.19. The van der Waals surface area contributed by atoms with Gasteiger partial charge in [0.2, 0.25) is 0 Å². The zero-order valence-electron chi connectivity index (χ0n) is 17.1. The summed E-state index contributed by atoms with van der Waals surface area (Å²) >= 11 is 0. The van der Waals surface area contributed by atoms with Crippen LogP contribution in [-0.2, 0) is 13.1 Å². The second-order valence-corrected chi connectivity index (χ2v) is 6.42. The molecule has 6 nitrogen and oxygen atoms in total. The van der Waals surface area contributed by atoms with Gasteiger partial charge in [0, 0.05) is 30.8 Å². The molecule has 0 aromatic heterocycles. The van der Waals surface area contributed by atoms with Crippen LogP contribution in [0.4, 0.5) is 0 Å². The van der Waals surface area contributed by atoms with Gasteiger partial charge in [-0.25, -0.2) is 4.99 Å². The van der Waals surface area contributed by atoms with Crippen LogP contribution in [0.1, 0.15) is 40.9 Å². The Morgan fingerprint density at radius 3 is 2.36 bits per heavy atom. The van der Waals surface area contributed by atoms with E-state index >= 15 is 0 Å². The molecular weight excluding hydrogens is 352 g/mol. The van der Waals surface area contributed by atoms with Gasteiger partial charge in [0.15, 0.2) is 5.96 Å². The van der Waals surface area contributed by atoms with Gasteiger partial charge in [-0.15, -0.1) is 0 Å². The van der Waals surface area contributed by atoms with Crippen molar-refractivity contribution in [3.63, 3.8) is 0 Å². The third-order valence-electron chi connectivity index (χ3n) is 4.21. The zero-order chi connectivity index (χ0) is 20.4. The van der Waals surface area contributed by atoms with E-state index in [2.05, 4.69) is 33.1 Å². The molecule has 0 radical (unpaired) electrons. The molecule has 3 N–H and O–H groups in total. The Morgan fingerprint density at radius 2 is 1.71 bits per heavy atom. The average molecular weight is 383 g/mol. The number of guanidine groups is 1. The number of aryl methyl sites for hydroxylation is 1. The minimum absolute atomic E-state index is 0.0559. The number of aliphatic imine (C=N–C) groups is 1. The Bertz CT molecular complexity index is 801. The van der Waals surface area contributed by atoms with E-state index < -0.39 is 0 Å². The molecule has 2 aromatic carbocycles. The highest BCUT2D eigenvalue weighted by Gasteiger charge is 2.06. The molecule has 0 aliphatic heterocycles. The molecule has 0 aliphatic rings. The molecule has 0 saturated carbocycles. The third-order valence-corrected chi connectivity index (χ3v) is 4.21. The summed E-state index contributed by atoms with van der Waals surface area (Å²) in [4.78, 5) is 16.5. The molecule has 0 unspecified atom stereocenters. The lowest BCUT2D eigenvalue weighted by molar-refractivity contribution is 0.0956. The number of carbonyl (C=O) groups is 1. The maximum atomic E-state index is 11.8. The van der Waals surface area contributed by atoms with E-state index in [4.69, 9.17) is 4.74 Å². The van der Waals surface area contributed by atoms with E-state index in [1.807, 2.05) is 51.1 Å². The van der Waals surface area contributed by atoms with Crippen molar-refractivity contribution in [2.24, 2.45) is 4.99 Å². The van der Waals surface area contributed by atoms with E-state index in [9.17, 15) is 4.79 Å². The van der Waals surface area contributed by atoms with Gasteiger partial charge in [0.1, 0.15) is 5.75 Å². The number of nitrogens with one attached hydrogen (secondary N) is 3. The lowest BCUT2D eigenvalue weighted by atomic mass is 10.1. The first-order chi connectivity index (χ1) is 13.6. The fourth-order valence-corrected chi connectivity index (χ4v) is 2.71. The summed E-state index contributed by atoms with van der Waals surface area (Å²) in [5.41, 5.74) is 3.94. The lowest BCUT2D eigenvalue weighted by Crippen LogP contribution is -2.36. The van der Waals surface area contributed by atoms with Crippen LogP contribution in [0.2, 0.25) is 0 Å². The predicted octanol–water partition coefficient (Wildman–Crippen LogP) is 3.01. The number of nitrogens with zero attached hydrogens (tertiary/aromatic N) is 1. The number of benzene rings is 2. The SMILES string of the molecule is CCNC(=O)c1ccc(CN=C(NCC)NCc2ccc(C)cc2OC)cc1. The van der Waals surface area contributed by atoms with Crippen LogP contribution in [0.15, 0.2) is 47.5 Å². The lowest BCUT2D eigenvalue weighted by Gasteiger charge is -2.14. The molecule has 0 atom stereocenters. The van der Waals surface area contributed by atoms with Gasteiger partial charge < -0.3 is 20.7 Å². The molecular formula is C22H30N4O2. The van der Waals surface area contributed by atoms with Gasteiger partial charge in [0.25, 0.3) is 5.91 Å². The number of methoxy groups -OCH3 is 1. The molecule has 2 aromatic rings. The maximum Gasteiger partial charge on any atom is 0.251 e. The summed E-state index contributed by atoms with van der Waals surface area (Å²) < 4.78 is 5.46. The maximum absolute atomic E-state index is 11.8. The summed E-state index contributed by atoms with van der Waals surface area (Å²) in [6, 6.07) is 13.7. The van der Waals surface area contributed by atoms with Crippen molar-refractivity contribution < 1.29 is 9.53 Å². The van der Waals surface area contributed by atoms with E-state index in [1.54, 1.807) is 7.11 Å². The van der Waals surface area contributed by atoms with Crippen LogP contribution < -0.4 is 20.7 Å². The Kier molecular flexibility index (Phi) is 8.34. The van der Waals surface area contributed by atoms with E-state index in [0.29, 0.717) is 25.2 Å². The monoisotopic (exact) mass is 382 g/mol. The van der Waals surface area contributed by atoms with Gasteiger partial charge in [-0.05, 0) is 50.1 Å². The van der Waals surface area contributed by atoms with Crippen LogP contribution in [0.3, 0.4) is 0 Å². The van der Waals surface area contributed by atoms with Crippen LogP contribution in [0, 0.1) is 6.92 Å². The molecule has 0 spiro atoms. The fraction of sp³-hybridized carbons (Fsp3) is 0.364. The van der Waals surface area contributed by atoms with Crippen LogP contribution in [-0.4, -0.2) is 32.1 Å². The molecule has 0 aliphatic carbocycles. The fourth-order valence-electron chi connectivity index (χ4n) is 2.71. The van der Waals surface area contributed by atoms with E-state index in [-0.39, 0.29) is 5.91 Å². The standard InChI is InChI=1S/C22H30N4O2/c1-5-23-21(27)18-11-8-17(9-12-18)14-25-22(24-6-2)26-15-19-10-7-16(3)13-20(19)28-4/h7-13H,5-6,14-15H2,1-4H3,(H,23,27)(H2,24,25,26). The second kappa shape index (κ2) is 11.0. The number of amides is 1. The first-order valence-corrected chi connectivity index (χ1v) is 9.60. The van der Waals surface area contributed by atoms with Gasteiger partial charge in [0.05, 0.1) is 13.7 Å². The van der Waals surface area contributed by atoms with Crippen molar-refractivity contribution in [2.45, 2.75) is 33.9 Å². The number of rotatable bonds is 8. The van der Waals surface area contributed by atoms with Crippen molar-refractivity contribution in [1.29, 1.82) is 0 Å².